The number of aromatic nitrogens is 3. The topological polar surface area (TPSA) is 86.5 Å². The average Bonchev–Trinajstić information content (AvgIpc) is 3.16. The van der Waals surface area contributed by atoms with Crippen molar-refractivity contribution >= 4 is 17.6 Å². The van der Waals surface area contributed by atoms with Crippen molar-refractivity contribution in [1.82, 2.24) is 14.8 Å². The van der Waals surface area contributed by atoms with E-state index in [1.807, 2.05) is 0 Å². The summed E-state index contributed by atoms with van der Waals surface area (Å²) < 4.78 is 38.0. The van der Waals surface area contributed by atoms with Crippen molar-refractivity contribution in [3.8, 4) is 11.5 Å². The lowest BCUT2D eigenvalue weighted by molar-refractivity contribution is -0.165. The van der Waals surface area contributed by atoms with E-state index >= 15 is 0 Å². The lowest BCUT2D eigenvalue weighted by atomic mass is 9.93. The van der Waals surface area contributed by atoms with Crippen LogP contribution in [0.25, 0.3) is 0 Å². The minimum absolute atomic E-state index is 0.0310. The molecular weight excluding hydrogens is 396 g/mol. The van der Waals surface area contributed by atoms with Gasteiger partial charge < -0.3 is 14.6 Å². The first-order valence-corrected chi connectivity index (χ1v) is 8.27. The molecule has 3 aromatic rings. The molecule has 1 aromatic heterocycles. The van der Waals surface area contributed by atoms with Gasteiger partial charge in [-0.05, 0) is 24.3 Å². The third kappa shape index (κ3) is 3.95. The van der Waals surface area contributed by atoms with Crippen LogP contribution in [0.15, 0.2) is 49.1 Å². The zero-order valence-electron chi connectivity index (χ0n) is 14.5. The number of carbonyl (C=O) groups excluding carboxylic acids is 1. The number of ether oxygens (including phenoxy) is 2. The quantitative estimate of drug-likeness (QED) is 0.630. The second-order valence-electron chi connectivity index (χ2n) is 5.76. The van der Waals surface area contributed by atoms with Crippen molar-refractivity contribution in [1.29, 1.82) is 0 Å². The van der Waals surface area contributed by atoms with Gasteiger partial charge in [0, 0.05) is 11.6 Å². The largest absolute Gasteiger partial charge is 0.467 e. The Kier molecular flexibility index (Phi) is 5.57. The van der Waals surface area contributed by atoms with E-state index in [2.05, 4.69) is 10.1 Å². The highest BCUT2D eigenvalue weighted by atomic mass is 35.5. The van der Waals surface area contributed by atoms with Crippen molar-refractivity contribution in [2.45, 2.75) is 12.1 Å². The zero-order chi connectivity index (χ0) is 20.3. The molecule has 1 atom stereocenters. The first-order chi connectivity index (χ1) is 13.3. The molecule has 0 radical (unpaired) electrons. The Labute approximate surface area is 163 Å². The fourth-order valence-electron chi connectivity index (χ4n) is 2.56. The molecule has 0 bridgehead atoms. The molecular formula is C18H14ClF2N3O4. The molecule has 1 unspecified atom stereocenters. The molecule has 10 heteroatoms. The van der Waals surface area contributed by atoms with Crippen molar-refractivity contribution in [3.05, 3.63) is 71.3 Å². The highest BCUT2D eigenvalue weighted by Crippen LogP contribution is 2.35. The zero-order valence-corrected chi connectivity index (χ0v) is 15.2. The summed E-state index contributed by atoms with van der Waals surface area (Å²) in [5.74, 6) is -2.68. The maximum Gasteiger partial charge on any atom is 0.344 e. The molecule has 146 valence electrons. The number of carbonyl (C=O) groups is 1. The molecule has 7 nitrogen and oxygen atoms in total. The first-order valence-electron chi connectivity index (χ1n) is 7.89. The van der Waals surface area contributed by atoms with E-state index in [4.69, 9.17) is 21.1 Å². The van der Waals surface area contributed by atoms with Crippen LogP contribution in [0.2, 0.25) is 5.02 Å². The van der Waals surface area contributed by atoms with Crippen LogP contribution in [-0.4, -0.2) is 33.0 Å². The van der Waals surface area contributed by atoms with Gasteiger partial charge in [0.15, 0.2) is 11.6 Å². The molecule has 2 aromatic carbocycles. The third-order valence-electron chi connectivity index (χ3n) is 3.89. The van der Waals surface area contributed by atoms with Crippen LogP contribution < -0.4 is 4.74 Å². The molecule has 1 heterocycles. The Morgan fingerprint density at radius 3 is 2.68 bits per heavy atom. The fraction of sp³-hybridized carbons (Fsp3) is 0.167. The van der Waals surface area contributed by atoms with Gasteiger partial charge in [-0.25, -0.2) is 23.2 Å². The Bertz CT molecular complexity index is 1000. The van der Waals surface area contributed by atoms with E-state index < -0.39 is 23.2 Å². The first kappa shape index (κ1) is 19.7. The summed E-state index contributed by atoms with van der Waals surface area (Å²) in [5.41, 5.74) is -2.12. The second kappa shape index (κ2) is 7.91. The molecule has 0 fully saturated rings. The van der Waals surface area contributed by atoms with Gasteiger partial charge in [-0.15, -0.1) is 0 Å². The minimum Gasteiger partial charge on any atom is -0.467 e. The van der Waals surface area contributed by atoms with E-state index in [-0.39, 0.29) is 28.6 Å². The SMILES string of the molecule is COC(=O)C(O)(Cn1cncn1)c1ccc(Oc2ccc(F)cc2F)cc1Cl. The predicted molar refractivity (Wildman–Crippen MR) is 93.8 cm³/mol. The summed E-state index contributed by atoms with van der Waals surface area (Å²) in [6.07, 6.45) is 2.56. The van der Waals surface area contributed by atoms with Gasteiger partial charge in [0.25, 0.3) is 0 Å². The monoisotopic (exact) mass is 409 g/mol. The van der Waals surface area contributed by atoms with E-state index in [9.17, 15) is 18.7 Å². The Morgan fingerprint density at radius 1 is 1.29 bits per heavy atom. The average molecular weight is 410 g/mol. The number of nitrogens with zero attached hydrogens (tertiary/aromatic N) is 3. The number of halogens is 3. The lowest BCUT2D eigenvalue weighted by Gasteiger charge is -2.26. The molecule has 0 saturated carbocycles. The Hall–Kier alpha value is -3.04. The summed E-state index contributed by atoms with van der Waals surface area (Å²) in [5, 5.41) is 14.8. The molecule has 0 aliphatic rings. The lowest BCUT2D eigenvalue weighted by Crippen LogP contribution is -2.41. The van der Waals surface area contributed by atoms with Gasteiger partial charge in [0.05, 0.1) is 18.7 Å². The van der Waals surface area contributed by atoms with Crippen LogP contribution >= 0.6 is 11.6 Å². The second-order valence-corrected chi connectivity index (χ2v) is 6.17. The van der Waals surface area contributed by atoms with E-state index in [1.54, 1.807) is 0 Å². The highest BCUT2D eigenvalue weighted by Gasteiger charge is 2.42. The maximum atomic E-state index is 13.8. The number of hydrogen-bond acceptors (Lipinski definition) is 6. The van der Waals surface area contributed by atoms with Gasteiger partial charge in [-0.1, -0.05) is 17.7 Å². The van der Waals surface area contributed by atoms with E-state index in [0.29, 0.717) is 6.07 Å². The molecule has 0 aliphatic carbocycles. The third-order valence-corrected chi connectivity index (χ3v) is 4.20. The van der Waals surface area contributed by atoms with Gasteiger partial charge in [-0.2, -0.15) is 5.10 Å². The summed E-state index contributed by atoms with van der Waals surface area (Å²) in [6, 6.07) is 6.85. The number of benzene rings is 2. The predicted octanol–water partition coefficient (Wildman–Crippen LogP) is 3.06. The van der Waals surface area contributed by atoms with Gasteiger partial charge in [0.1, 0.15) is 24.2 Å². The number of esters is 1. The van der Waals surface area contributed by atoms with Crippen LogP contribution in [0, 0.1) is 11.6 Å². The van der Waals surface area contributed by atoms with Crippen LogP contribution in [0.5, 0.6) is 11.5 Å². The van der Waals surface area contributed by atoms with Gasteiger partial charge >= 0.3 is 5.97 Å². The summed E-state index contributed by atoms with van der Waals surface area (Å²) in [6.45, 7) is -0.299. The van der Waals surface area contributed by atoms with E-state index in [0.717, 1.165) is 19.2 Å². The number of hydrogen-bond donors (Lipinski definition) is 1. The van der Waals surface area contributed by atoms with Crippen molar-refractivity contribution < 1.29 is 28.2 Å². The smallest absolute Gasteiger partial charge is 0.344 e. The summed E-state index contributed by atoms with van der Waals surface area (Å²) in [4.78, 5) is 16.0. The normalized spacial score (nSPS) is 13.0. The number of aliphatic hydroxyl groups is 1. The number of methoxy groups -OCH3 is 1. The van der Waals surface area contributed by atoms with Crippen molar-refractivity contribution in [3.63, 3.8) is 0 Å². The molecule has 1 N–H and O–H groups in total. The van der Waals surface area contributed by atoms with Crippen LogP contribution in [0.1, 0.15) is 5.56 Å². The van der Waals surface area contributed by atoms with E-state index in [1.165, 1.54) is 35.5 Å². The molecule has 0 spiro atoms. The van der Waals surface area contributed by atoms with Crippen LogP contribution in [-0.2, 0) is 21.7 Å². The highest BCUT2D eigenvalue weighted by molar-refractivity contribution is 6.31. The van der Waals surface area contributed by atoms with Gasteiger partial charge in [0.2, 0.25) is 5.60 Å². The minimum atomic E-state index is -2.15. The van der Waals surface area contributed by atoms with Crippen LogP contribution in [0.3, 0.4) is 0 Å². The fourth-order valence-corrected chi connectivity index (χ4v) is 2.88. The Morgan fingerprint density at radius 2 is 2.07 bits per heavy atom. The molecule has 0 amide bonds. The molecule has 0 aliphatic heterocycles. The van der Waals surface area contributed by atoms with Gasteiger partial charge in [-0.3, -0.25) is 0 Å². The summed E-state index contributed by atoms with van der Waals surface area (Å²) in [7, 11) is 1.12. The molecule has 28 heavy (non-hydrogen) atoms. The molecule has 0 saturated heterocycles. The van der Waals surface area contributed by atoms with Crippen molar-refractivity contribution in [2.75, 3.05) is 7.11 Å². The van der Waals surface area contributed by atoms with Crippen LogP contribution in [0.4, 0.5) is 8.78 Å². The molecule has 3 rings (SSSR count). The number of rotatable bonds is 6. The summed E-state index contributed by atoms with van der Waals surface area (Å²) >= 11 is 6.24. The Balaban J connectivity index is 1.93. The maximum absolute atomic E-state index is 13.8. The van der Waals surface area contributed by atoms with Crippen molar-refractivity contribution in [2.24, 2.45) is 0 Å². The standard InChI is InChI=1S/C18H14ClF2N3O4/c1-27-17(25)18(26,8-24-10-22-9-23-24)13-4-3-12(7-14(13)19)28-16-5-2-11(20)6-15(16)21/h2-7,9-10,26H,8H2,1H3.